The van der Waals surface area contributed by atoms with Crippen molar-refractivity contribution >= 4 is 0 Å². The van der Waals surface area contributed by atoms with Gasteiger partial charge in [-0.15, -0.1) is 12.6 Å². The van der Waals surface area contributed by atoms with Gasteiger partial charge in [-0.2, -0.15) is 7.05 Å². The molecule has 0 spiro atoms. The fourth-order valence-corrected chi connectivity index (χ4v) is 2.40. The van der Waals surface area contributed by atoms with Crippen LogP contribution in [0.1, 0.15) is 33.1 Å². The first kappa shape index (κ1) is 20.4. The fraction of sp³-hybridized carbons (Fsp3) is 1.00. The van der Waals surface area contributed by atoms with E-state index in [0.29, 0.717) is 12.0 Å². The molecule has 5 heteroatoms. The summed E-state index contributed by atoms with van der Waals surface area (Å²) in [5.74, 6) is 0.687. The van der Waals surface area contributed by atoms with E-state index >= 15 is 0 Å². The van der Waals surface area contributed by atoms with Crippen LogP contribution in [0, 0.1) is 5.92 Å². The third-order valence-corrected chi connectivity index (χ3v) is 3.25. The molecule has 90 valence electrons. The zero-order valence-corrected chi connectivity index (χ0v) is 12.3. The molecule has 3 nitrogen and oxygen atoms in total. The molecule has 1 aliphatic rings. The van der Waals surface area contributed by atoms with Crippen molar-refractivity contribution in [1.82, 2.24) is 4.90 Å². The second kappa shape index (κ2) is 10.9. The van der Waals surface area contributed by atoms with Crippen LogP contribution < -0.4 is 42.8 Å². The second-order valence-electron chi connectivity index (χ2n) is 5.00. The molecule has 1 rings (SSSR count). The molecule has 1 saturated heterocycles. The minimum Gasteiger partial charge on any atom is -0.853 e. The Morgan fingerprint density at radius 1 is 1.35 bits per heavy atom. The molecule has 0 saturated carbocycles. The smallest absolute Gasteiger partial charge is 0.853 e. The molecule has 0 aromatic carbocycles. The summed E-state index contributed by atoms with van der Waals surface area (Å²) in [6, 6.07) is 0.693. The van der Waals surface area contributed by atoms with Crippen molar-refractivity contribution in [3.8, 4) is 0 Å². The van der Waals surface area contributed by atoms with E-state index in [4.69, 9.17) is 0 Å². The Morgan fingerprint density at radius 3 is 2.47 bits per heavy atom. The monoisotopic (exact) mass is 226 g/mol. The number of nitrogens with zero attached hydrogens (tertiary/aromatic N) is 2. The first-order valence-electron chi connectivity index (χ1n) is 6.08. The van der Waals surface area contributed by atoms with Gasteiger partial charge in [-0.25, -0.2) is 0 Å². The van der Waals surface area contributed by atoms with E-state index in [9.17, 15) is 5.11 Å². The molecule has 0 amide bonds. The molecule has 0 aromatic rings. The quantitative estimate of drug-likeness (QED) is 0.427. The minimum absolute atomic E-state index is 0. The summed E-state index contributed by atoms with van der Waals surface area (Å²) in [6.45, 7) is 6.59. The predicted octanol–water partition coefficient (Wildman–Crippen LogP) is -4.76. The van der Waals surface area contributed by atoms with Crippen LogP contribution in [0.5, 0.6) is 0 Å². The van der Waals surface area contributed by atoms with Crippen LogP contribution in [-0.2, 0) is 0 Å². The molecule has 1 fully saturated rings. The Bertz CT molecular complexity index is 182. The summed E-state index contributed by atoms with van der Waals surface area (Å²) >= 11 is 0. The van der Waals surface area contributed by atoms with E-state index in [2.05, 4.69) is 24.1 Å². The van der Waals surface area contributed by atoms with Gasteiger partial charge in [0, 0.05) is 0 Å². The SMILES string of the molecule is C[N-][C@@H](CC(C)C)CN1CCC[C@@H]1C[O-].[Li+].[Li+]. The predicted molar refractivity (Wildman–Crippen MR) is 62.0 cm³/mol. The van der Waals surface area contributed by atoms with Crippen molar-refractivity contribution < 1.29 is 42.8 Å². The van der Waals surface area contributed by atoms with Gasteiger partial charge in [-0.05, 0) is 37.9 Å². The van der Waals surface area contributed by atoms with Gasteiger partial charge in [-0.1, -0.05) is 20.3 Å². The third kappa shape index (κ3) is 7.29. The van der Waals surface area contributed by atoms with Gasteiger partial charge in [0.25, 0.3) is 0 Å². The average molecular weight is 226 g/mol. The first-order chi connectivity index (χ1) is 7.17. The van der Waals surface area contributed by atoms with E-state index in [1.54, 1.807) is 0 Å². The zero-order chi connectivity index (χ0) is 11.3. The van der Waals surface area contributed by atoms with Crippen LogP contribution in [0.15, 0.2) is 0 Å². The number of rotatable bonds is 6. The number of likely N-dealkylation sites (N-methyl/N-ethyl adjacent to an activating group) is 1. The molecule has 0 aliphatic carbocycles. The second-order valence-corrected chi connectivity index (χ2v) is 5.00. The van der Waals surface area contributed by atoms with Crippen LogP contribution in [0.2, 0.25) is 0 Å². The standard InChI is InChI=1S/C12H24N2O.2Li/c1-10(2)7-11(13-3)8-14-6-4-5-12(14)9-15;;/h10-12H,4-9H2,1-3H3;;/q-2;2*+1/t11-,12+;;/m0../s1. The maximum Gasteiger partial charge on any atom is 1.00 e. The fourth-order valence-electron chi connectivity index (χ4n) is 2.40. The maximum atomic E-state index is 11.0. The summed E-state index contributed by atoms with van der Waals surface area (Å²) < 4.78 is 0. The van der Waals surface area contributed by atoms with Crippen molar-refractivity contribution in [2.24, 2.45) is 5.92 Å². The average Bonchev–Trinajstić information content (AvgIpc) is 2.63. The summed E-state index contributed by atoms with van der Waals surface area (Å²) in [6.07, 6.45) is 3.41. The van der Waals surface area contributed by atoms with E-state index in [-0.39, 0.29) is 50.4 Å². The number of hydrogen-bond donors (Lipinski definition) is 0. The molecule has 0 N–H and O–H groups in total. The summed E-state index contributed by atoms with van der Waals surface area (Å²) in [7, 11) is 1.90. The van der Waals surface area contributed by atoms with Gasteiger partial charge in [0.15, 0.2) is 0 Å². The first-order valence-corrected chi connectivity index (χ1v) is 6.08. The number of hydrogen-bond acceptors (Lipinski definition) is 2. The van der Waals surface area contributed by atoms with Crippen LogP contribution >= 0.6 is 0 Å². The van der Waals surface area contributed by atoms with Crippen molar-refractivity contribution in [2.75, 3.05) is 26.7 Å². The van der Waals surface area contributed by atoms with Gasteiger partial charge in [0.2, 0.25) is 0 Å². The molecular formula is C12H24Li2N2O. The van der Waals surface area contributed by atoms with E-state index < -0.39 is 0 Å². The molecule has 1 heterocycles. The molecule has 0 unspecified atom stereocenters. The largest absolute Gasteiger partial charge is 1.00 e. The van der Waals surface area contributed by atoms with Gasteiger partial charge in [-0.3, -0.25) is 0 Å². The Hall–Kier alpha value is 1.07. The van der Waals surface area contributed by atoms with Gasteiger partial charge < -0.3 is 15.3 Å². The molecule has 1 aliphatic heterocycles. The molecule has 0 radical (unpaired) electrons. The summed E-state index contributed by atoms with van der Waals surface area (Å²) in [5.41, 5.74) is 0. The molecule has 0 aromatic heterocycles. The van der Waals surface area contributed by atoms with Gasteiger partial charge in [0.05, 0.1) is 0 Å². The maximum absolute atomic E-state index is 11.0. The van der Waals surface area contributed by atoms with Crippen molar-refractivity contribution in [1.29, 1.82) is 0 Å². The van der Waals surface area contributed by atoms with Crippen LogP contribution in [0.4, 0.5) is 0 Å². The molecule has 0 bridgehead atoms. The molecule has 2 atom stereocenters. The number of likely N-dealkylation sites (tertiary alicyclic amines) is 1. The van der Waals surface area contributed by atoms with Crippen LogP contribution in [-0.4, -0.2) is 43.7 Å². The third-order valence-electron chi connectivity index (χ3n) is 3.25. The van der Waals surface area contributed by atoms with E-state index in [0.717, 1.165) is 25.9 Å². The van der Waals surface area contributed by atoms with Crippen molar-refractivity contribution in [3.63, 3.8) is 0 Å². The van der Waals surface area contributed by atoms with E-state index in [1.165, 1.54) is 6.42 Å². The van der Waals surface area contributed by atoms with Crippen molar-refractivity contribution in [3.05, 3.63) is 5.32 Å². The minimum atomic E-state index is 0. The molecule has 17 heavy (non-hydrogen) atoms. The Kier molecular flexibility index (Phi) is 13.1. The van der Waals surface area contributed by atoms with Crippen LogP contribution in [0.25, 0.3) is 5.32 Å². The zero-order valence-electron chi connectivity index (χ0n) is 12.3. The topological polar surface area (TPSA) is 40.4 Å². The van der Waals surface area contributed by atoms with E-state index in [1.807, 2.05) is 7.05 Å². The Labute approximate surface area is 130 Å². The Morgan fingerprint density at radius 2 is 2.00 bits per heavy atom. The molecular weight excluding hydrogens is 202 g/mol. The normalized spacial score (nSPS) is 22.1. The van der Waals surface area contributed by atoms with Gasteiger partial charge >= 0.3 is 37.7 Å². The summed E-state index contributed by atoms with van der Waals surface area (Å²) in [5, 5.41) is 15.4. The Balaban J connectivity index is 0. The van der Waals surface area contributed by atoms with Crippen molar-refractivity contribution in [2.45, 2.75) is 45.2 Å². The summed E-state index contributed by atoms with van der Waals surface area (Å²) in [4.78, 5) is 2.34. The van der Waals surface area contributed by atoms with Crippen LogP contribution in [0.3, 0.4) is 0 Å². The van der Waals surface area contributed by atoms with Gasteiger partial charge in [0.1, 0.15) is 0 Å².